The van der Waals surface area contributed by atoms with Gasteiger partial charge in [0, 0.05) is 35.8 Å². The van der Waals surface area contributed by atoms with Crippen molar-refractivity contribution in [2.75, 3.05) is 25.0 Å². The van der Waals surface area contributed by atoms with Crippen LogP contribution in [-0.2, 0) is 0 Å². The van der Waals surface area contributed by atoms with Crippen molar-refractivity contribution in [2.24, 2.45) is 0 Å². The zero-order chi connectivity index (χ0) is 21.2. The van der Waals surface area contributed by atoms with Gasteiger partial charge in [0.1, 0.15) is 16.9 Å². The lowest BCUT2D eigenvalue weighted by atomic mass is 9.97. The van der Waals surface area contributed by atoms with E-state index in [2.05, 4.69) is 4.90 Å². The van der Waals surface area contributed by atoms with Gasteiger partial charge in [-0.1, -0.05) is 12.1 Å². The third kappa shape index (κ3) is 3.08. The van der Waals surface area contributed by atoms with Gasteiger partial charge in [0.2, 0.25) is 0 Å². The summed E-state index contributed by atoms with van der Waals surface area (Å²) in [6.45, 7) is 5.67. The first-order valence-electron chi connectivity index (χ1n) is 9.87. The lowest BCUT2D eigenvalue weighted by Crippen LogP contribution is -2.21. The lowest BCUT2D eigenvalue weighted by molar-refractivity contribution is 0.112. The predicted molar refractivity (Wildman–Crippen MR) is 103 cm³/mol. The van der Waals surface area contributed by atoms with Gasteiger partial charge in [-0.15, -0.1) is 0 Å². The number of nitrogens with zero attached hydrogens (tertiary/aromatic N) is 1. The monoisotopic (exact) mass is 354 g/mol. The summed E-state index contributed by atoms with van der Waals surface area (Å²) in [6, 6.07) is 11.7. The maximum Gasteiger partial charge on any atom is 0.347 e. The number of aldehydes is 1. The van der Waals surface area contributed by atoms with Gasteiger partial charge in [-0.2, -0.15) is 0 Å². The van der Waals surface area contributed by atoms with Crippen molar-refractivity contribution in [2.45, 2.75) is 13.8 Å². The Bertz CT molecular complexity index is 1080. The van der Waals surface area contributed by atoms with Crippen LogP contribution in [-0.4, -0.2) is 26.4 Å². The van der Waals surface area contributed by atoms with Crippen molar-refractivity contribution < 1.29 is 18.1 Å². The first-order valence-corrected chi connectivity index (χ1v) is 8.37. The Morgan fingerprint density at radius 2 is 1.88 bits per heavy atom. The van der Waals surface area contributed by atoms with E-state index in [1.165, 1.54) is 12.1 Å². The normalized spacial score (nSPS) is 12.9. The van der Waals surface area contributed by atoms with Crippen LogP contribution in [0.15, 0.2) is 51.7 Å². The molecule has 0 aliphatic heterocycles. The van der Waals surface area contributed by atoms with Gasteiger partial charge in [-0.3, -0.25) is 4.79 Å². The SMILES string of the molecule is [2H]C([2H])([2H])Oc1ccc(-c2c(C=O)c(=O)oc3cc(N(CC)CC)ccc23)cc1. The molecule has 0 saturated carbocycles. The molecule has 5 heteroatoms. The Kier molecular flexibility index (Phi) is 4.04. The van der Waals surface area contributed by atoms with Crippen molar-refractivity contribution in [3.63, 3.8) is 0 Å². The smallest absolute Gasteiger partial charge is 0.347 e. The molecular formula is C21H21NO4. The molecule has 0 bridgehead atoms. The molecule has 0 radical (unpaired) electrons. The van der Waals surface area contributed by atoms with E-state index >= 15 is 0 Å². The van der Waals surface area contributed by atoms with Crippen LogP contribution in [0.25, 0.3) is 22.1 Å². The average Bonchev–Trinajstić information content (AvgIpc) is 2.67. The number of hydrogen-bond donors (Lipinski definition) is 0. The Labute approximate surface area is 156 Å². The van der Waals surface area contributed by atoms with Crippen LogP contribution in [0.1, 0.15) is 28.3 Å². The predicted octanol–water partition coefficient (Wildman–Crippen LogP) is 4.13. The molecule has 0 aliphatic carbocycles. The summed E-state index contributed by atoms with van der Waals surface area (Å²) in [5.41, 5.74) is 1.51. The fourth-order valence-electron chi connectivity index (χ4n) is 3.10. The number of benzene rings is 2. The van der Waals surface area contributed by atoms with E-state index in [-0.39, 0.29) is 11.3 Å². The maximum atomic E-state index is 12.4. The highest BCUT2D eigenvalue weighted by Gasteiger charge is 2.17. The molecule has 26 heavy (non-hydrogen) atoms. The summed E-state index contributed by atoms with van der Waals surface area (Å²) < 4.78 is 31.8. The highest BCUT2D eigenvalue weighted by molar-refractivity contribution is 6.02. The summed E-state index contributed by atoms with van der Waals surface area (Å²) in [6.07, 6.45) is 0.478. The standard InChI is InChI=1S/C21H21NO4/c1-4-22(5-2)15-8-11-17-19(12-15)26-21(24)18(13-23)20(17)14-6-9-16(25-3)10-7-14/h6-13H,4-5H2,1-3H3/i3D3. The second kappa shape index (κ2) is 7.44. The minimum atomic E-state index is -2.56. The van der Waals surface area contributed by atoms with E-state index in [9.17, 15) is 9.59 Å². The van der Waals surface area contributed by atoms with Crippen LogP contribution in [0.2, 0.25) is 0 Å². The van der Waals surface area contributed by atoms with Crippen LogP contribution >= 0.6 is 0 Å². The highest BCUT2D eigenvalue weighted by Crippen LogP contribution is 2.33. The molecule has 0 fully saturated rings. The van der Waals surface area contributed by atoms with Gasteiger partial charge >= 0.3 is 5.63 Å². The minimum Gasteiger partial charge on any atom is -0.497 e. The molecule has 5 nitrogen and oxygen atoms in total. The molecule has 0 N–H and O–H groups in total. The van der Waals surface area contributed by atoms with Crippen molar-refractivity contribution in [1.82, 2.24) is 0 Å². The Morgan fingerprint density at radius 1 is 1.15 bits per heavy atom. The van der Waals surface area contributed by atoms with E-state index in [0.717, 1.165) is 18.8 Å². The van der Waals surface area contributed by atoms with E-state index in [1.54, 1.807) is 18.2 Å². The number of rotatable bonds is 6. The van der Waals surface area contributed by atoms with Crippen LogP contribution in [0.4, 0.5) is 5.69 Å². The molecule has 134 valence electrons. The summed E-state index contributed by atoms with van der Waals surface area (Å²) in [5, 5.41) is 0.618. The summed E-state index contributed by atoms with van der Waals surface area (Å²) >= 11 is 0. The molecule has 3 rings (SSSR count). The van der Waals surface area contributed by atoms with Gasteiger partial charge in [0.15, 0.2) is 6.29 Å². The molecule has 0 unspecified atom stereocenters. The number of carbonyl (C=O) groups excluding carboxylic acids is 1. The highest BCUT2D eigenvalue weighted by atomic mass is 16.5. The van der Waals surface area contributed by atoms with Crippen LogP contribution in [0.3, 0.4) is 0 Å². The first-order chi connectivity index (χ1) is 13.8. The molecule has 1 aromatic heterocycles. The number of fused-ring (bicyclic) bond motifs is 1. The van der Waals surface area contributed by atoms with E-state index < -0.39 is 12.7 Å². The minimum absolute atomic E-state index is 0.0856. The summed E-state index contributed by atoms with van der Waals surface area (Å²) in [7, 11) is -2.56. The summed E-state index contributed by atoms with van der Waals surface area (Å²) in [5.74, 6) is 0.164. The second-order valence-corrected chi connectivity index (χ2v) is 5.78. The Balaban J connectivity index is 2.17. The number of ether oxygens (including phenoxy) is 1. The lowest BCUT2D eigenvalue weighted by Gasteiger charge is -2.21. The van der Waals surface area contributed by atoms with Gasteiger partial charge in [0.25, 0.3) is 0 Å². The number of methoxy groups -OCH3 is 1. The maximum absolute atomic E-state index is 12.4. The zero-order valence-corrected chi connectivity index (χ0v) is 14.6. The van der Waals surface area contributed by atoms with E-state index in [0.29, 0.717) is 28.4 Å². The molecule has 2 aromatic carbocycles. The molecule has 1 heterocycles. The molecule has 0 amide bonds. The first kappa shape index (κ1) is 14.1. The van der Waals surface area contributed by atoms with Crippen molar-refractivity contribution in [1.29, 1.82) is 0 Å². The second-order valence-electron chi connectivity index (χ2n) is 5.78. The van der Waals surface area contributed by atoms with Crippen molar-refractivity contribution >= 4 is 22.9 Å². The zero-order valence-electron chi connectivity index (χ0n) is 17.6. The van der Waals surface area contributed by atoms with E-state index in [1.807, 2.05) is 26.0 Å². The number of carbonyl (C=O) groups is 1. The fourth-order valence-corrected chi connectivity index (χ4v) is 3.10. The number of anilines is 1. The molecule has 0 saturated heterocycles. The van der Waals surface area contributed by atoms with Gasteiger partial charge < -0.3 is 14.1 Å². The molecule has 0 aliphatic rings. The van der Waals surface area contributed by atoms with Crippen LogP contribution in [0.5, 0.6) is 5.75 Å². The number of hydrogen-bond acceptors (Lipinski definition) is 5. The van der Waals surface area contributed by atoms with Gasteiger partial charge in [-0.25, -0.2) is 4.79 Å². The third-order valence-electron chi connectivity index (χ3n) is 4.43. The molecular weight excluding hydrogens is 330 g/mol. The van der Waals surface area contributed by atoms with Crippen LogP contribution in [0, 0.1) is 0 Å². The summed E-state index contributed by atoms with van der Waals surface area (Å²) in [4.78, 5) is 26.2. The van der Waals surface area contributed by atoms with Gasteiger partial charge in [-0.05, 0) is 43.7 Å². The average molecular weight is 354 g/mol. The van der Waals surface area contributed by atoms with Crippen molar-refractivity contribution in [3.05, 3.63) is 58.4 Å². The largest absolute Gasteiger partial charge is 0.497 e. The Hall–Kier alpha value is -3.08. The topological polar surface area (TPSA) is 59.8 Å². The fraction of sp³-hybridized carbons (Fsp3) is 0.238. The quantitative estimate of drug-likeness (QED) is 0.492. The van der Waals surface area contributed by atoms with Gasteiger partial charge in [0.05, 0.1) is 11.2 Å². The molecule has 0 atom stereocenters. The molecule has 0 spiro atoms. The van der Waals surface area contributed by atoms with Crippen molar-refractivity contribution in [3.8, 4) is 16.9 Å². The van der Waals surface area contributed by atoms with E-state index in [4.69, 9.17) is 13.3 Å². The molecule has 3 aromatic rings. The Morgan fingerprint density at radius 3 is 2.50 bits per heavy atom. The third-order valence-corrected chi connectivity index (χ3v) is 4.43. The van der Waals surface area contributed by atoms with Crippen LogP contribution < -0.4 is 15.3 Å².